The van der Waals surface area contributed by atoms with E-state index in [1.165, 1.54) is 42.5 Å². The summed E-state index contributed by atoms with van der Waals surface area (Å²) >= 11 is 2.94. The summed E-state index contributed by atoms with van der Waals surface area (Å²) in [6, 6.07) is 16.9. The lowest BCUT2D eigenvalue weighted by atomic mass is 10.2. The van der Waals surface area contributed by atoms with Gasteiger partial charge in [-0.15, -0.1) is 35.1 Å². The Kier molecular flexibility index (Phi) is 7.51. The molecule has 12 heteroatoms. The third-order valence-electron chi connectivity index (χ3n) is 4.40. The predicted octanol–water partition coefficient (Wildman–Crippen LogP) is 6.49. The van der Waals surface area contributed by atoms with Crippen molar-refractivity contribution >= 4 is 45.6 Å². The van der Waals surface area contributed by atoms with E-state index in [2.05, 4.69) is 30.6 Å². The van der Waals surface area contributed by atoms with E-state index in [-0.39, 0.29) is 11.7 Å². The van der Waals surface area contributed by atoms with Crippen molar-refractivity contribution in [1.82, 2.24) is 15.2 Å². The maximum Gasteiger partial charge on any atom is 0.573 e. The number of rotatable bonds is 8. The molecule has 0 saturated heterocycles. The van der Waals surface area contributed by atoms with E-state index in [1.54, 1.807) is 18.0 Å². The Balaban J connectivity index is 1.44. The highest BCUT2D eigenvalue weighted by Crippen LogP contribution is 2.36. The van der Waals surface area contributed by atoms with E-state index in [9.17, 15) is 18.0 Å². The Morgan fingerprint density at radius 3 is 2.60 bits per heavy atom. The average molecular weight is 518 g/mol. The van der Waals surface area contributed by atoms with E-state index in [0.717, 1.165) is 16.0 Å². The van der Waals surface area contributed by atoms with Gasteiger partial charge in [0.05, 0.1) is 0 Å². The molecule has 0 unspecified atom stereocenters. The number of aromatic nitrogens is 3. The van der Waals surface area contributed by atoms with Crippen LogP contribution in [0.5, 0.6) is 5.75 Å². The summed E-state index contributed by atoms with van der Waals surface area (Å²) < 4.78 is 40.9. The lowest BCUT2D eigenvalue weighted by Gasteiger charge is -2.09. The van der Waals surface area contributed by atoms with Crippen LogP contribution in [0, 0.1) is 0 Å². The summed E-state index contributed by atoms with van der Waals surface area (Å²) in [6.07, 6.45) is -3.09. The lowest BCUT2D eigenvalue weighted by molar-refractivity contribution is -0.274. The number of ether oxygens (including phenoxy) is 1. The van der Waals surface area contributed by atoms with Crippen LogP contribution < -0.4 is 15.4 Å². The Labute approximate surface area is 206 Å². The molecule has 2 aromatic heterocycles. The molecule has 35 heavy (non-hydrogen) atoms. The van der Waals surface area contributed by atoms with Crippen LogP contribution in [0.25, 0.3) is 10.6 Å². The van der Waals surface area contributed by atoms with Gasteiger partial charge in [0.25, 0.3) is 0 Å². The maximum absolute atomic E-state index is 12.3. The van der Waals surface area contributed by atoms with Crippen LogP contribution in [-0.2, 0) is 10.5 Å². The largest absolute Gasteiger partial charge is 0.573 e. The number of hydrogen-bond donors (Lipinski definition) is 2. The van der Waals surface area contributed by atoms with Crippen LogP contribution in [-0.4, -0.2) is 27.5 Å². The summed E-state index contributed by atoms with van der Waals surface area (Å²) in [4.78, 5) is 16.4. The minimum absolute atomic E-state index is 0.182. The van der Waals surface area contributed by atoms with Crippen LogP contribution >= 0.6 is 23.1 Å². The van der Waals surface area contributed by atoms with Gasteiger partial charge in [0.15, 0.2) is 5.01 Å². The number of nitrogens with one attached hydrogen (secondary N) is 2. The molecule has 0 saturated carbocycles. The molecular formula is C23H18F3N5O2S2. The molecule has 0 aliphatic rings. The Hall–Kier alpha value is -3.64. The number of amides is 1. The number of benzene rings is 2. The zero-order valence-corrected chi connectivity index (χ0v) is 19.8. The molecule has 2 heterocycles. The molecule has 0 spiro atoms. The van der Waals surface area contributed by atoms with Gasteiger partial charge in [0.1, 0.15) is 11.6 Å². The van der Waals surface area contributed by atoms with Crippen LogP contribution in [0.2, 0.25) is 0 Å². The fourth-order valence-electron chi connectivity index (χ4n) is 2.99. The second kappa shape index (κ2) is 10.7. The predicted molar refractivity (Wildman–Crippen MR) is 130 cm³/mol. The van der Waals surface area contributed by atoms with E-state index in [0.29, 0.717) is 27.4 Å². The third kappa shape index (κ3) is 7.17. The van der Waals surface area contributed by atoms with Gasteiger partial charge < -0.3 is 15.4 Å². The molecule has 0 bridgehead atoms. The number of anilines is 3. The molecular weight excluding hydrogens is 499 g/mol. The normalized spacial score (nSPS) is 11.2. The molecule has 0 atom stereocenters. The monoisotopic (exact) mass is 517 g/mol. The van der Waals surface area contributed by atoms with Crippen LogP contribution in [0.15, 0.2) is 71.8 Å². The highest BCUT2D eigenvalue weighted by Gasteiger charge is 2.31. The first-order valence-electron chi connectivity index (χ1n) is 10.2. The van der Waals surface area contributed by atoms with Crippen LogP contribution in [0.4, 0.5) is 29.8 Å². The Morgan fingerprint density at radius 2 is 1.86 bits per heavy atom. The van der Waals surface area contributed by atoms with E-state index in [4.69, 9.17) is 0 Å². The number of thioether (sulfide) groups is 1. The van der Waals surface area contributed by atoms with Crippen LogP contribution in [0.3, 0.4) is 0 Å². The van der Waals surface area contributed by atoms with Crippen molar-refractivity contribution in [2.75, 3.05) is 10.6 Å². The standard InChI is InChI=1S/C23H18F3N5O2S2/c1-14(32)28-20-12-15(10-11-27-20)13-34-19-5-3-2-4-18(19)21-30-31-22(35-21)29-16-6-8-17(9-7-16)33-23(24,25)26/h2-12H,13H2,1H3,(H,29,31)(H,27,28,32). The minimum Gasteiger partial charge on any atom is -0.406 e. The van der Waals surface area contributed by atoms with Gasteiger partial charge in [-0.2, -0.15) is 0 Å². The van der Waals surface area contributed by atoms with Crippen molar-refractivity contribution in [1.29, 1.82) is 0 Å². The number of carbonyl (C=O) groups is 1. The van der Waals surface area contributed by atoms with Crippen molar-refractivity contribution in [3.8, 4) is 16.3 Å². The van der Waals surface area contributed by atoms with Gasteiger partial charge in [0.2, 0.25) is 11.0 Å². The number of alkyl halides is 3. The Bertz CT molecular complexity index is 1310. The van der Waals surface area contributed by atoms with E-state index in [1.807, 2.05) is 36.4 Å². The number of hydrogen-bond acceptors (Lipinski definition) is 8. The molecule has 0 aliphatic carbocycles. The molecule has 4 aromatic rings. The maximum atomic E-state index is 12.3. The lowest BCUT2D eigenvalue weighted by Crippen LogP contribution is -2.16. The minimum atomic E-state index is -4.74. The number of halogens is 3. The molecule has 2 aromatic carbocycles. The highest BCUT2D eigenvalue weighted by molar-refractivity contribution is 7.98. The topological polar surface area (TPSA) is 89.0 Å². The van der Waals surface area contributed by atoms with Crippen molar-refractivity contribution in [2.24, 2.45) is 0 Å². The first kappa shape index (κ1) is 24.5. The summed E-state index contributed by atoms with van der Waals surface area (Å²) in [5.74, 6) is 0.675. The van der Waals surface area contributed by atoms with Gasteiger partial charge in [-0.05, 0) is 48.0 Å². The summed E-state index contributed by atoms with van der Waals surface area (Å²) in [5.41, 5.74) is 2.46. The number of nitrogens with zero attached hydrogens (tertiary/aromatic N) is 3. The van der Waals surface area contributed by atoms with E-state index >= 15 is 0 Å². The van der Waals surface area contributed by atoms with Crippen molar-refractivity contribution in [3.63, 3.8) is 0 Å². The molecule has 180 valence electrons. The molecule has 1 amide bonds. The Morgan fingerprint density at radius 1 is 1.09 bits per heavy atom. The first-order valence-corrected chi connectivity index (χ1v) is 12.0. The quantitative estimate of drug-likeness (QED) is 0.258. The van der Waals surface area contributed by atoms with Crippen molar-refractivity contribution < 1.29 is 22.7 Å². The smallest absolute Gasteiger partial charge is 0.406 e. The SMILES string of the molecule is CC(=O)Nc1cc(CSc2ccccc2-c2nnc(Nc3ccc(OC(F)(F)F)cc3)s2)ccn1. The molecule has 0 fully saturated rings. The van der Waals surface area contributed by atoms with Gasteiger partial charge in [0, 0.05) is 35.0 Å². The summed E-state index contributed by atoms with van der Waals surface area (Å²) in [7, 11) is 0. The molecule has 4 rings (SSSR count). The van der Waals surface area contributed by atoms with Crippen LogP contribution in [0.1, 0.15) is 12.5 Å². The molecule has 0 aliphatic heterocycles. The van der Waals surface area contributed by atoms with Crippen molar-refractivity contribution in [2.45, 2.75) is 23.9 Å². The average Bonchev–Trinajstić information content (AvgIpc) is 3.26. The molecule has 0 radical (unpaired) electrons. The number of pyridine rings is 1. The van der Waals surface area contributed by atoms with E-state index < -0.39 is 6.36 Å². The fourth-order valence-corrected chi connectivity index (χ4v) is 4.85. The third-order valence-corrected chi connectivity index (χ3v) is 6.42. The zero-order chi connectivity index (χ0) is 24.8. The molecule has 2 N–H and O–H groups in total. The van der Waals surface area contributed by atoms with Gasteiger partial charge >= 0.3 is 6.36 Å². The van der Waals surface area contributed by atoms with Gasteiger partial charge in [-0.3, -0.25) is 4.79 Å². The second-order valence-electron chi connectivity index (χ2n) is 7.12. The number of carbonyl (C=O) groups excluding carboxylic acids is 1. The second-order valence-corrected chi connectivity index (χ2v) is 9.12. The summed E-state index contributed by atoms with van der Waals surface area (Å²) in [6.45, 7) is 1.43. The van der Waals surface area contributed by atoms with Gasteiger partial charge in [-0.25, -0.2) is 4.98 Å². The zero-order valence-electron chi connectivity index (χ0n) is 18.2. The molecule has 7 nitrogen and oxygen atoms in total. The summed E-state index contributed by atoms with van der Waals surface area (Å²) in [5, 5.41) is 15.3. The highest BCUT2D eigenvalue weighted by atomic mass is 32.2. The first-order chi connectivity index (χ1) is 16.7. The van der Waals surface area contributed by atoms with Gasteiger partial charge in [-0.1, -0.05) is 29.5 Å². The van der Waals surface area contributed by atoms with Crippen molar-refractivity contribution in [3.05, 3.63) is 72.4 Å². The fraction of sp³-hybridized carbons (Fsp3) is 0.130.